The van der Waals surface area contributed by atoms with Gasteiger partial charge in [-0.1, -0.05) is 47.3 Å². The van der Waals surface area contributed by atoms with Gasteiger partial charge in [-0.15, -0.1) is 0 Å². The Morgan fingerprint density at radius 1 is 1.09 bits per heavy atom. The van der Waals surface area contributed by atoms with E-state index in [-0.39, 0.29) is 17.9 Å². The van der Waals surface area contributed by atoms with Gasteiger partial charge >= 0.3 is 0 Å². The highest BCUT2D eigenvalue weighted by Gasteiger charge is 2.33. The molecule has 2 aromatic carbocycles. The zero-order chi connectivity index (χ0) is 24.4. The number of anilines is 2. The Balaban J connectivity index is 1.44. The predicted molar refractivity (Wildman–Crippen MR) is 143 cm³/mol. The van der Waals surface area contributed by atoms with Crippen molar-refractivity contribution in [2.75, 3.05) is 29.9 Å². The van der Waals surface area contributed by atoms with E-state index in [1.807, 2.05) is 18.2 Å². The van der Waals surface area contributed by atoms with Crippen LogP contribution in [0.2, 0.25) is 15.1 Å². The first-order valence-electron chi connectivity index (χ1n) is 12.0. The van der Waals surface area contributed by atoms with Crippen molar-refractivity contribution < 1.29 is 4.79 Å². The Morgan fingerprint density at radius 2 is 1.88 bits per heavy atom. The van der Waals surface area contributed by atoms with Gasteiger partial charge in [-0.05, 0) is 69.0 Å². The van der Waals surface area contributed by atoms with Crippen molar-refractivity contribution >= 4 is 52.1 Å². The molecule has 1 unspecified atom stereocenters. The molecule has 1 saturated carbocycles. The lowest BCUT2D eigenvalue weighted by atomic mass is 9.84. The molecule has 2 aromatic rings. The summed E-state index contributed by atoms with van der Waals surface area (Å²) < 4.78 is 0. The lowest BCUT2D eigenvalue weighted by Crippen LogP contribution is -2.56. The van der Waals surface area contributed by atoms with Gasteiger partial charge < -0.3 is 16.0 Å². The summed E-state index contributed by atoms with van der Waals surface area (Å²) in [5, 5.41) is 5.44. The van der Waals surface area contributed by atoms with Crippen LogP contribution in [0.3, 0.4) is 0 Å². The molecule has 1 saturated heterocycles. The molecule has 3 N–H and O–H groups in total. The number of hydrogen-bond acceptors (Lipinski definition) is 4. The number of nitrogens with one attached hydrogen (secondary N) is 1. The van der Waals surface area contributed by atoms with Crippen LogP contribution in [-0.4, -0.2) is 42.5 Å². The number of halogens is 3. The van der Waals surface area contributed by atoms with E-state index in [1.54, 1.807) is 6.07 Å². The van der Waals surface area contributed by atoms with Gasteiger partial charge in [-0.2, -0.15) is 0 Å². The highest BCUT2D eigenvalue weighted by Crippen LogP contribution is 2.35. The van der Waals surface area contributed by atoms with Crippen LogP contribution in [0.4, 0.5) is 11.4 Å². The third-order valence-electron chi connectivity index (χ3n) is 7.31. The number of nitrogens with zero attached hydrogens (tertiary/aromatic N) is 2. The average Bonchev–Trinajstić information content (AvgIpc) is 2.80. The van der Waals surface area contributed by atoms with Crippen molar-refractivity contribution in [3.05, 3.63) is 57.0 Å². The number of rotatable bonds is 6. The molecule has 4 rings (SSSR count). The average molecular weight is 524 g/mol. The number of primary amides is 1. The Morgan fingerprint density at radius 3 is 2.59 bits per heavy atom. The van der Waals surface area contributed by atoms with E-state index in [9.17, 15) is 4.79 Å². The SMILES string of the molecule is CC(Nc1cc(N2CCN([C@@H]3CCC[C@H](C(N)=O)C3)C[C@@H]2C)ccc1Cl)c1ccc(Cl)cc1Cl. The molecule has 1 heterocycles. The van der Waals surface area contributed by atoms with Gasteiger partial charge in [0.1, 0.15) is 0 Å². The molecule has 0 bridgehead atoms. The molecule has 2 fully saturated rings. The molecule has 1 aliphatic heterocycles. The fourth-order valence-electron chi connectivity index (χ4n) is 5.42. The zero-order valence-corrected chi connectivity index (χ0v) is 22.0. The number of hydrogen-bond donors (Lipinski definition) is 2. The summed E-state index contributed by atoms with van der Waals surface area (Å²) >= 11 is 19.0. The first-order chi connectivity index (χ1) is 16.2. The number of benzene rings is 2. The minimum atomic E-state index is -0.147. The van der Waals surface area contributed by atoms with Crippen LogP contribution in [-0.2, 0) is 4.79 Å². The largest absolute Gasteiger partial charge is 0.377 e. The second-order valence-corrected chi connectivity index (χ2v) is 10.9. The van der Waals surface area contributed by atoms with E-state index < -0.39 is 0 Å². The minimum Gasteiger partial charge on any atom is -0.377 e. The van der Waals surface area contributed by atoms with Crippen LogP contribution in [0.25, 0.3) is 0 Å². The Kier molecular flexibility index (Phi) is 8.19. The van der Waals surface area contributed by atoms with Gasteiger partial charge in [0.25, 0.3) is 0 Å². The predicted octanol–water partition coefficient (Wildman–Crippen LogP) is 6.37. The second kappa shape index (κ2) is 10.9. The summed E-state index contributed by atoms with van der Waals surface area (Å²) in [4.78, 5) is 16.7. The third-order valence-corrected chi connectivity index (χ3v) is 8.20. The van der Waals surface area contributed by atoms with E-state index in [2.05, 4.69) is 41.1 Å². The van der Waals surface area contributed by atoms with E-state index in [1.165, 1.54) is 0 Å². The van der Waals surface area contributed by atoms with Crippen LogP contribution in [0.15, 0.2) is 36.4 Å². The van der Waals surface area contributed by atoms with Gasteiger partial charge in [0.05, 0.1) is 16.8 Å². The molecule has 0 aromatic heterocycles. The van der Waals surface area contributed by atoms with E-state index >= 15 is 0 Å². The number of piperazine rings is 1. The number of nitrogens with two attached hydrogens (primary N) is 1. The highest BCUT2D eigenvalue weighted by molar-refractivity contribution is 6.35. The smallest absolute Gasteiger partial charge is 0.220 e. The quantitative estimate of drug-likeness (QED) is 0.461. The fraction of sp³-hybridized carbons (Fsp3) is 0.500. The minimum absolute atomic E-state index is 0.0214. The van der Waals surface area contributed by atoms with E-state index in [0.717, 1.165) is 62.3 Å². The topological polar surface area (TPSA) is 61.6 Å². The van der Waals surface area contributed by atoms with Crippen molar-refractivity contribution in [3.8, 4) is 0 Å². The van der Waals surface area contributed by atoms with Crippen molar-refractivity contribution in [2.24, 2.45) is 11.7 Å². The maximum atomic E-state index is 11.7. The molecule has 4 atom stereocenters. The van der Waals surface area contributed by atoms with Crippen molar-refractivity contribution in [3.63, 3.8) is 0 Å². The van der Waals surface area contributed by atoms with Crippen molar-refractivity contribution in [2.45, 2.75) is 57.7 Å². The standard InChI is InChI=1S/C26H33Cl3N4O/c1-16-15-32(20-5-3-4-18(12-20)26(30)34)10-11-33(16)21-7-9-23(28)25(14-21)31-17(2)22-8-6-19(27)13-24(22)29/h6-9,13-14,16-18,20,31H,3-5,10-12,15H2,1-2H3,(H2,30,34)/t16-,17?,18-,20+/m0/s1. The van der Waals surface area contributed by atoms with Crippen molar-refractivity contribution in [1.29, 1.82) is 0 Å². The summed E-state index contributed by atoms with van der Waals surface area (Å²) in [6.45, 7) is 7.20. The van der Waals surface area contributed by atoms with Gasteiger partial charge in [-0.3, -0.25) is 9.69 Å². The molecule has 0 spiro atoms. The van der Waals surface area contributed by atoms with Gasteiger partial charge in [0.15, 0.2) is 0 Å². The van der Waals surface area contributed by atoms with Gasteiger partial charge in [0, 0.05) is 53.4 Å². The number of carbonyl (C=O) groups is 1. The van der Waals surface area contributed by atoms with Crippen LogP contribution in [0.5, 0.6) is 0 Å². The Labute approximate surface area is 217 Å². The zero-order valence-electron chi connectivity index (χ0n) is 19.7. The Bertz CT molecular complexity index is 1030. The van der Waals surface area contributed by atoms with Gasteiger partial charge in [-0.25, -0.2) is 0 Å². The molecule has 1 amide bonds. The van der Waals surface area contributed by atoms with Gasteiger partial charge in [0.2, 0.25) is 5.91 Å². The van der Waals surface area contributed by atoms with E-state index in [4.69, 9.17) is 40.5 Å². The van der Waals surface area contributed by atoms with Crippen LogP contribution >= 0.6 is 34.8 Å². The van der Waals surface area contributed by atoms with E-state index in [0.29, 0.717) is 27.2 Å². The lowest BCUT2D eigenvalue weighted by Gasteiger charge is -2.46. The summed E-state index contributed by atoms with van der Waals surface area (Å²) in [6.07, 6.45) is 4.05. The van der Waals surface area contributed by atoms with Crippen molar-refractivity contribution in [1.82, 2.24) is 4.90 Å². The van der Waals surface area contributed by atoms with Crippen LogP contribution < -0.4 is 16.0 Å². The molecular weight excluding hydrogens is 491 g/mol. The number of carbonyl (C=O) groups excluding carboxylic acids is 1. The summed E-state index contributed by atoms with van der Waals surface area (Å²) in [7, 11) is 0. The molecule has 34 heavy (non-hydrogen) atoms. The maximum absolute atomic E-state index is 11.7. The highest BCUT2D eigenvalue weighted by atomic mass is 35.5. The first kappa shape index (κ1) is 25.4. The molecule has 1 aliphatic carbocycles. The second-order valence-electron chi connectivity index (χ2n) is 9.65. The normalized spacial score (nSPS) is 24.6. The number of amides is 1. The van der Waals surface area contributed by atoms with Crippen LogP contribution in [0, 0.1) is 5.92 Å². The molecule has 184 valence electrons. The third kappa shape index (κ3) is 5.76. The summed E-state index contributed by atoms with van der Waals surface area (Å²) in [5.74, 6) is -0.125. The lowest BCUT2D eigenvalue weighted by molar-refractivity contribution is -0.123. The molecule has 8 heteroatoms. The monoisotopic (exact) mass is 522 g/mol. The summed E-state index contributed by atoms with van der Waals surface area (Å²) in [6, 6.07) is 12.5. The fourth-order valence-corrected chi connectivity index (χ4v) is 6.17. The molecule has 5 nitrogen and oxygen atoms in total. The van der Waals surface area contributed by atoms with Crippen LogP contribution in [0.1, 0.15) is 51.1 Å². The molecule has 0 radical (unpaired) electrons. The maximum Gasteiger partial charge on any atom is 0.220 e. The molecular formula is C26H33Cl3N4O. The first-order valence-corrected chi connectivity index (χ1v) is 13.2. The molecule has 2 aliphatic rings. The Hall–Kier alpha value is -1.66. The summed E-state index contributed by atoms with van der Waals surface area (Å²) in [5.41, 5.74) is 8.59.